The van der Waals surface area contributed by atoms with Gasteiger partial charge in [-0.15, -0.1) is 11.3 Å². The lowest BCUT2D eigenvalue weighted by Gasteiger charge is -2.15. The predicted octanol–water partition coefficient (Wildman–Crippen LogP) is 1.50. The Hall–Kier alpha value is -0.910. The summed E-state index contributed by atoms with van der Waals surface area (Å²) in [4.78, 5) is 12.5. The van der Waals surface area contributed by atoms with E-state index in [1.54, 1.807) is 25.6 Å². The fourth-order valence-electron chi connectivity index (χ4n) is 1.27. The molecule has 16 heavy (non-hydrogen) atoms. The molecule has 1 aromatic rings. The summed E-state index contributed by atoms with van der Waals surface area (Å²) in [6, 6.07) is 3.82. The van der Waals surface area contributed by atoms with Crippen molar-refractivity contribution in [2.24, 2.45) is 0 Å². The Bertz CT molecular complexity index is 291. The van der Waals surface area contributed by atoms with Gasteiger partial charge < -0.3 is 14.2 Å². The van der Waals surface area contributed by atoms with Crippen molar-refractivity contribution in [3.05, 3.63) is 22.4 Å². The van der Waals surface area contributed by atoms with Crippen molar-refractivity contribution in [2.45, 2.75) is 12.5 Å². The number of esters is 1. The standard InChI is InChI=1S/C11H16O4S/c1-13-7-9(8-14-2)15-11(12)6-10-4-3-5-16-10/h3-5,9H,6-8H2,1-2H3. The molecule has 90 valence electrons. The van der Waals surface area contributed by atoms with Crippen LogP contribution in [0.25, 0.3) is 0 Å². The second-order valence-electron chi connectivity index (χ2n) is 3.28. The number of rotatable bonds is 7. The van der Waals surface area contributed by atoms with Gasteiger partial charge in [-0.1, -0.05) is 6.07 Å². The normalized spacial score (nSPS) is 10.7. The van der Waals surface area contributed by atoms with Crippen molar-refractivity contribution < 1.29 is 19.0 Å². The lowest BCUT2D eigenvalue weighted by atomic mass is 10.3. The second-order valence-corrected chi connectivity index (χ2v) is 4.31. The van der Waals surface area contributed by atoms with Gasteiger partial charge in [0.1, 0.15) is 6.10 Å². The van der Waals surface area contributed by atoms with E-state index in [4.69, 9.17) is 14.2 Å². The fourth-order valence-corrected chi connectivity index (χ4v) is 1.96. The Morgan fingerprint density at radius 2 is 2.06 bits per heavy atom. The number of hydrogen-bond acceptors (Lipinski definition) is 5. The zero-order chi connectivity index (χ0) is 11.8. The minimum atomic E-state index is -0.331. The molecule has 1 heterocycles. The highest BCUT2D eigenvalue weighted by Gasteiger charge is 2.14. The molecule has 0 spiro atoms. The van der Waals surface area contributed by atoms with Crippen molar-refractivity contribution in [2.75, 3.05) is 27.4 Å². The van der Waals surface area contributed by atoms with E-state index in [2.05, 4.69) is 0 Å². The third-order valence-corrected chi connectivity index (χ3v) is 2.78. The first-order valence-corrected chi connectivity index (χ1v) is 5.84. The summed E-state index contributed by atoms with van der Waals surface area (Å²) in [6.45, 7) is 0.702. The molecule has 0 saturated heterocycles. The van der Waals surface area contributed by atoms with Gasteiger partial charge in [-0.3, -0.25) is 4.79 Å². The largest absolute Gasteiger partial charge is 0.457 e. The van der Waals surface area contributed by atoms with Gasteiger partial charge in [-0.05, 0) is 11.4 Å². The van der Waals surface area contributed by atoms with Crippen molar-refractivity contribution in [1.29, 1.82) is 0 Å². The monoisotopic (exact) mass is 244 g/mol. The number of hydrogen-bond donors (Lipinski definition) is 0. The molecule has 0 saturated carbocycles. The first kappa shape index (κ1) is 13.2. The smallest absolute Gasteiger partial charge is 0.311 e. The van der Waals surface area contributed by atoms with E-state index < -0.39 is 0 Å². The zero-order valence-electron chi connectivity index (χ0n) is 9.47. The Labute approximate surface area is 99.1 Å². The van der Waals surface area contributed by atoms with Gasteiger partial charge in [0.25, 0.3) is 0 Å². The van der Waals surface area contributed by atoms with Crippen LogP contribution in [0.15, 0.2) is 17.5 Å². The zero-order valence-corrected chi connectivity index (χ0v) is 10.3. The molecule has 0 N–H and O–H groups in total. The second kappa shape index (κ2) is 7.38. The first-order chi connectivity index (χ1) is 7.76. The Morgan fingerprint density at radius 3 is 2.56 bits per heavy atom. The summed E-state index contributed by atoms with van der Waals surface area (Å²) in [6.07, 6.45) is -0.0239. The van der Waals surface area contributed by atoms with Crippen molar-refractivity contribution in [3.8, 4) is 0 Å². The SMILES string of the molecule is COCC(COC)OC(=O)Cc1cccs1. The molecular weight excluding hydrogens is 228 g/mol. The minimum Gasteiger partial charge on any atom is -0.457 e. The van der Waals surface area contributed by atoms with E-state index in [0.29, 0.717) is 19.6 Å². The van der Waals surface area contributed by atoms with Crippen LogP contribution < -0.4 is 0 Å². The van der Waals surface area contributed by atoms with Gasteiger partial charge in [-0.2, -0.15) is 0 Å². The van der Waals surface area contributed by atoms with Crippen LogP contribution in [0.1, 0.15) is 4.88 Å². The van der Waals surface area contributed by atoms with Gasteiger partial charge >= 0.3 is 5.97 Å². The Kier molecular flexibility index (Phi) is 6.07. The van der Waals surface area contributed by atoms with Crippen LogP contribution >= 0.6 is 11.3 Å². The van der Waals surface area contributed by atoms with Crippen molar-refractivity contribution in [1.82, 2.24) is 0 Å². The summed E-state index contributed by atoms with van der Waals surface area (Å²) < 4.78 is 15.1. The number of carbonyl (C=O) groups excluding carboxylic acids is 1. The van der Waals surface area contributed by atoms with Crippen LogP contribution in [0.2, 0.25) is 0 Å². The van der Waals surface area contributed by atoms with Crippen LogP contribution in [-0.4, -0.2) is 39.5 Å². The van der Waals surface area contributed by atoms with Crippen LogP contribution in [-0.2, 0) is 25.4 Å². The maximum absolute atomic E-state index is 11.5. The molecule has 1 rings (SSSR count). The Morgan fingerprint density at radius 1 is 1.38 bits per heavy atom. The lowest BCUT2D eigenvalue weighted by Crippen LogP contribution is -2.28. The number of ether oxygens (including phenoxy) is 3. The highest BCUT2D eigenvalue weighted by Crippen LogP contribution is 2.10. The molecule has 0 amide bonds. The lowest BCUT2D eigenvalue weighted by molar-refractivity contribution is -0.153. The third-order valence-electron chi connectivity index (χ3n) is 1.90. The summed E-state index contributed by atoms with van der Waals surface area (Å²) in [5.41, 5.74) is 0. The first-order valence-electron chi connectivity index (χ1n) is 4.96. The van der Waals surface area contributed by atoms with Crippen molar-refractivity contribution >= 4 is 17.3 Å². The molecule has 0 aliphatic heterocycles. The van der Waals surface area contributed by atoms with Gasteiger partial charge in [0, 0.05) is 19.1 Å². The quantitative estimate of drug-likeness (QED) is 0.682. The molecule has 0 fully saturated rings. The predicted molar refractivity (Wildman–Crippen MR) is 61.7 cm³/mol. The summed E-state index contributed by atoms with van der Waals surface area (Å²) in [7, 11) is 3.13. The number of methoxy groups -OCH3 is 2. The molecule has 5 heteroatoms. The maximum atomic E-state index is 11.5. The molecule has 4 nitrogen and oxygen atoms in total. The van der Waals surface area contributed by atoms with Crippen molar-refractivity contribution in [3.63, 3.8) is 0 Å². The maximum Gasteiger partial charge on any atom is 0.311 e. The topological polar surface area (TPSA) is 44.8 Å². The number of thiophene rings is 1. The molecular formula is C11H16O4S. The third kappa shape index (κ3) is 4.74. The molecule has 0 bridgehead atoms. The van der Waals surface area contributed by atoms with E-state index in [1.807, 2.05) is 17.5 Å². The van der Waals surface area contributed by atoms with E-state index in [9.17, 15) is 4.79 Å². The summed E-state index contributed by atoms with van der Waals surface area (Å²) >= 11 is 1.54. The molecule has 0 aliphatic carbocycles. The van der Waals surface area contributed by atoms with Gasteiger partial charge in [0.2, 0.25) is 0 Å². The van der Waals surface area contributed by atoms with Crippen LogP contribution in [0.4, 0.5) is 0 Å². The van der Waals surface area contributed by atoms with Crippen LogP contribution in [0.5, 0.6) is 0 Å². The molecule has 0 aromatic carbocycles. The Balaban J connectivity index is 2.35. The van der Waals surface area contributed by atoms with Crippen LogP contribution in [0.3, 0.4) is 0 Å². The minimum absolute atomic E-state index is 0.249. The van der Waals surface area contributed by atoms with E-state index in [1.165, 1.54) is 0 Å². The van der Waals surface area contributed by atoms with E-state index in [-0.39, 0.29) is 12.1 Å². The van der Waals surface area contributed by atoms with E-state index in [0.717, 1.165) is 4.88 Å². The average molecular weight is 244 g/mol. The summed E-state index contributed by atoms with van der Waals surface area (Å²) in [5, 5.41) is 1.93. The highest BCUT2D eigenvalue weighted by molar-refractivity contribution is 7.10. The fraction of sp³-hybridized carbons (Fsp3) is 0.545. The molecule has 0 atom stereocenters. The molecule has 0 radical (unpaired) electrons. The number of carbonyl (C=O) groups is 1. The summed E-state index contributed by atoms with van der Waals surface area (Å²) in [5.74, 6) is -0.249. The van der Waals surface area contributed by atoms with Crippen LogP contribution in [0, 0.1) is 0 Å². The molecule has 0 aliphatic rings. The average Bonchev–Trinajstić information content (AvgIpc) is 2.71. The van der Waals surface area contributed by atoms with E-state index >= 15 is 0 Å². The molecule has 1 aromatic heterocycles. The highest BCUT2D eigenvalue weighted by atomic mass is 32.1. The molecule has 0 unspecified atom stereocenters. The van der Waals surface area contributed by atoms with Gasteiger partial charge in [-0.25, -0.2) is 0 Å². The van der Waals surface area contributed by atoms with Gasteiger partial charge in [0.15, 0.2) is 0 Å². The van der Waals surface area contributed by atoms with Gasteiger partial charge in [0.05, 0.1) is 19.6 Å².